The van der Waals surface area contributed by atoms with Crippen LogP contribution in [-0.4, -0.2) is 57.4 Å². The first-order valence-corrected chi connectivity index (χ1v) is 5.37. The fraction of sp³-hybridized carbons (Fsp3) is 0.800. The minimum absolute atomic E-state index is 0.635. The third kappa shape index (κ3) is 5.19. The molecule has 106 valence electrons. The minimum Gasteiger partial charge on any atom is -0.465 e. The van der Waals surface area contributed by atoms with Gasteiger partial charge in [-0.15, -0.1) is 0 Å². The highest BCUT2D eigenvalue weighted by Crippen LogP contribution is 2.23. The maximum atomic E-state index is 10.7. The summed E-state index contributed by atoms with van der Waals surface area (Å²) >= 11 is 0. The molecular weight excluding hydrogens is 244 g/mol. The van der Waals surface area contributed by atoms with Gasteiger partial charge in [-0.2, -0.15) is 0 Å². The zero-order valence-corrected chi connectivity index (χ0v) is 10.5. The van der Waals surface area contributed by atoms with Crippen molar-refractivity contribution in [2.45, 2.75) is 39.0 Å². The number of carbonyl (C=O) groups is 2. The van der Waals surface area contributed by atoms with E-state index in [1.54, 1.807) is 20.8 Å². The Bertz CT molecular complexity index is 301. The average Bonchev–Trinajstić information content (AvgIpc) is 2.20. The van der Waals surface area contributed by atoms with Crippen molar-refractivity contribution in [2.24, 2.45) is 5.41 Å². The third-order valence-electron chi connectivity index (χ3n) is 2.46. The Hall–Kier alpha value is -1.54. The number of amides is 2. The van der Waals surface area contributed by atoms with Crippen molar-refractivity contribution in [2.75, 3.05) is 6.61 Å². The largest absolute Gasteiger partial charge is 0.465 e. The van der Waals surface area contributed by atoms with Crippen molar-refractivity contribution in [1.29, 1.82) is 0 Å². The molecule has 2 amide bonds. The summed E-state index contributed by atoms with van der Waals surface area (Å²) in [4.78, 5) is 21.2. The zero-order chi connectivity index (χ0) is 14.5. The topological polar surface area (TPSA) is 139 Å². The van der Waals surface area contributed by atoms with Crippen LogP contribution in [-0.2, 0) is 0 Å². The van der Waals surface area contributed by atoms with Crippen LogP contribution in [0.25, 0.3) is 0 Å². The molecule has 0 heterocycles. The van der Waals surface area contributed by atoms with E-state index in [4.69, 9.17) is 15.3 Å². The van der Waals surface area contributed by atoms with Crippen molar-refractivity contribution in [1.82, 2.24) is 10.6 Å². The Balaban J connectivity index is 5.06. The number of hydrogen-bond donors (Lipinski definition) is 6. The number of aliphatic hydroxyl groups is 2. The van der Waals surface area contributed by atoms with Crippen LogP contribution in [0.15, 0.2) is 0 Å². The van der Waals surface area contributed by atoms with E-state index >= 15 is 0 Å². The Morgan fingerprint density at radius 2 is 1.56 bits per heavy atom. The predicted molar refractivity (Wildman–Crippen MR) is 62.4 cm³/mol. The quantitative estimate of drug-likeness (QED) is 0.401. The molecule has 0 saturated carbocycles. The monoisotopic (exact) mass is 264 g/mol. The van der Waals surface area contributed by atoms with E-state index in [2.05, 4.69) is 0 Å². The Kier molecular flexibility index (Phi) is 5.86. The molecular formula is C10H20N2O6. The molecule has 0 aromatic heterocycles. The summed E-state index contributed by atoms with van der Waals surface area (Å²) in [6.45, 7) is 4.38. The Morgan fingerprint density at radius 1 is 1.11 bits per heavy atom. The standard InChI is InChI=1S/C10H20N2O6/c1-10(2,3)7(14)6(12-9(17)18)5(4-13)11-8(15)16/h5-7,11-14H,4H2,1-3H3,(H,15,16)(H,17,18). The van der Waals surface area contributed by atoms with Crippen molar-refractivity contribution >= 4 is 12.2 Å². The van der Waals surface area contributed by atoms with Crippen molar-refractivity contribution in [3.63, 3.8) is 0 Å². The molecule has 0 aromatic carbocycles. The van der Waals surface area contributed by atoms with Crippen LogP contribution in [0, 0.1) is 5.41 Å². The number of nitrogens with one attached hydrogen (secondary N) is 2. The maximum absolute atomic E-state index is 10.7. The minimum atomic E-state index is -1.41. The second kappa shape index (κ2) is 6.41. The molecule has 0 aliphatic rings. The molecule has 0 bridgehead atoms. The SMILES string of the molecule is CC(C)(C)C(O)C(NC(=O)O)C(CO)NC(=O)O. The Labute approximate surface area is 105 Å². The molecule has 0 aliphatic heterocycles. The summed E-state index contributed by atoms with van der Waals surface area (Å²) in [5, 5.41) is 40.4. The van der Waals surface area contributed by atoms with Gasteiger partial charge in [0.25, 0.3) is 0 Å². The average molecular weight is 264 g/mol. The first-order chi connectivity index (χ1) is 8.09. The smallest absolute Gasteiger partial charge is 0.405 e. The van der Waals surface area contributed by atoms with Crippen molar-refractivity contribution < 1.29 is 30.0 Å². The fourth-order valence-corrected chi connectivity index (χ4v) is 1.49. The highest BCUT2D eigenvalue weighted by molar-refractivity contribution is 5.67. The van der Waals surface area contributed by atoms with Crippen molar-refractivity contribution in [3.8, 4) is 0 Å². The van der Waals surface area contributed by atoms with Crippen LogP contribution in [0.5, 0.6) is 0 Å². The van der Waals surface area contributed by atoms with E-state index < -0.39 is 42.4 Å². The van der Waals surface area contributed by atoms with E-state index in [1.165, 1.54) is 0 Å². The van der Waals surface area contributed by atoms with E-state index in [0.717, 1.165) is 0 Å². The summed E-state index contributed by atoms with van der Waals surface area (Å²) in [7, 11) is 0. The molecule has 8 heteroatoms. The predicted octanol–water partition coefficient (Wildman–Crippen LogP) is -0.342. The van der Waals surface area contributed by atoms with Gasteiger partial charge >= 0.3 is 12.2 Å². The second-order valence-corrected chi connectivity index (χ2v) is 5.02. The lowest BCUT2D eigenvalue weighted by Gasteiger charge is -2.36. The second-order valence-electron chi connectivity index (χ2n) is 5.02. The maximum Gasteiger partial charge on any atom is 0.405 e. The van der Waals surface area contributed by atoms with Gasteiger partial charge in [0.1, 0.15) is 0 Å². The molecule has 0 radical (unpaired) electrons. The van der Waals surface area contributed by atoms with Crippen LogP contribution in [0.3, 0.4) is 0 Å². The van der Waals surface area contributed by atoms with Gasteiger partial charge in [-0.05, 0) is 5.41 Å². The molecule has 0 aromatic rings. The van der Waals surface area contributed by atoms with Crippen LogP contribution in [0.1, 0.15) is 20.8 Å². The lowest BCUT2D eigenvalue weighted by Crippen LogP contribution is -2.60. The number of hydrogen-bond acceptors (Lipinski definition) is 4. The van der Waals surface area contributed by atoms with E-state index in [0.29, 0.717) is 0 Å². The van der Waals surface area contributed by atoms with Crippen LogP contribution in [0.4, 0.5) is 9.59 Å². The highest BCUT2D eigenvalue weighted by Gasteiger charge is 2.37. The van der Waals surface area contributed by atoms with Gasteiger partial charge in [-0.1, -0.05) is 20.8 Å². The van der Waals surface area contributed by atoms with Crippen LogP contribution < -0.4 is 10.6 Å². The van der Waals surface area contributed by atoms with Gasteiger partial charge < -0.3 is 31.1 Å². The van der Waals surface area contributed by atoms with Gasteiger partial charge in [-0.25, -0.2) is 9.59 Å². The molecule has 3 atom stereocenters. The lowest BCUT2D eigenvalue weighted by atomic mass is 9.82. The molecule has 0 rings (SSSR count). The third-order valence-corrected chi connectivity index (χ3v) is 2.46. The van der Waals surface area contributed by atoms with Gasteiger partial charge in [0.05, 0.1) is 24.8 Å². The summed E-state index contributed by atoms with van der Waals surface area (Å²) in [6.07, 6.45) is -3.99. The van der Waals surface area contributed by atoms with Gasteiger partial charge in [0.15, 0.2) is 0 Å². The van der Waals surface area contributed by atoms with Gasteiger partial charge in [0.2, 0.25) is 0 Å². The molecule has 0 fully saturated rings. The highest BCUT2D eigenvalue weighted by atomic mass is 16.4. The first kappa shape index (κ1) is 16.5. The lowest BCUT2D eigenvalue weighted by molar-refractivity contribution is 0.0103. The molecule has 0 saturated heterocycles. The first-order valence-electron chi connectivity index (χ1n) is 5.37. The molecule has 8 nitrogen and oxygen atoms in total. The van der Waals surface area contributed by atoms with Crippen molar-refractivity contribution in [3.05, 3.63) is 0 Å². The van der Waals surface area contributed by atoms with Gasteiger partial charge in [-0.3, -0.25) is 0 Å². The van der Waals surface area contributed by atoms with Gasteiger partial charge in [0, 0.05) is 0 Å². The molecule has 3 unspecified atom stereocenters. The van der Waals surface area contributed by atoms with Crippen LogP contribution >= 0.6 is 0 Å². The van der Waals surface area contributed by atoms with Crippen LogP contribution in [0.2, 0.25) is 0 Å². The number of rotatable bonds is 5. The summed E-state index contributed by atoms with van der Waals surface area (Å²) in [5.74, 6) is 0. The van der Waals surface area contributed by atoms with E-state index in [-0.39, 0.29) is 0 Å². The fourth-order valence-electron chi connectivity index (χ4n) is 1.49. The summed E-state index contributed by atoms with van der Waals surface area (Å²) < 4.78 is 0. The molecule has 6 N–H and O–H groups in total. The molecule has 0 spiro atoms. The molecule has 18 heavy (non-hydrogen) atoms. The normalized spacial score (nSPS) is 16.5. The Morgan fingerprint density at radius 3 is 1.83 bits per heavy atom. The number of carboxylic acid groups (broad SMARTS) is 2. The number of aliphatic hydroxyl groups excluding tert-OH is 2. The zero-order valence-electron chi connectivity index (χ0n) is 10.5. The molecule has 0 aliphatic carbocycles. The van der Waals surface area contributed by atoms with E-state index in [1.807, 2.05) is 10.6 Å². The summed E-state index contributed by atoms with van der Waals surface area (Å²) in [5.41, 5.74) is -0.680. The van der Waals surface area contributed by atoms with E-state index in [9.17, 15) is 14.7 Å². The summed E-state index contributed by atoms with van der Waals surface area (Å²) in [6, 6.07) is -2.28.